The van der Waals surface area contributed by atoms with Crippen LogP contribution in [0.4, 0.5) is 5.69 Å². The van der Waals surface area contributed by atoms with Crippen molar-refractivity contribution in [1.82, 2.24) is 0 Å². The molecule has 138 valence electrons. The quantitative estimate of drug-likeness (QED) is 0.679. The van der Waals surface area contributed by atoms with E-state index in [1.165, 1.54) is 16.0 Å². The SMILES string of the molecule is COc1ccccc1NC(=O)C[NH+]1CC[NH+](Cc2ccccc2C)CC1. The molecular formula is C21H29N3O2+2. The molecule has 0 aliphatic carbocycles. The van der Waals surface area contributed by atoms with E-state index in [4.69, 9.17) is 4.74 Å². The van der Waals surface area contributed by atoms with Gasteiger partial charge in [0.2, 0.25) is 0 Å². The molecule has 2 aromatic rings. The normalized spacial score (nSPS) is 19.8. The highest BCUT2D eigenvalue weighted by Gasteiger charge is 2.25. The van der Waals surface area contributed by atoms with Gasteiger partial charge in [-0.05, 0) is 24.6 Å². The topological polar surface area (TPSA) is 47.2 Å². The second-order valence-corrected chi connectivity index (χ2v) is 7.03. The number of hydrogen-bond donors (Lipinski definition) is 3. The van der Waals surface area contributed by atoms with E-state index >= 15 is 0 Å². The number of hydrogen-bond acceptors (Lipinski definition) is 2. The zero-order valence-corrected chi connectivity index (χ0v) is 15.7. The Morgan fingerprint density at radius 3 is 2.38 bits per heavy atom. The maximum absolute atomic E-state index is 12.4. The summed E-state index contributed by atoms with van der Waals surface area (Å²) in [4.78, 5) is 15.3. The molecule has 1 heterocycles. The second kappa shape index (κ2) is 8.83. The Bertz CT molecular complexity index is 740. The molecule has 0 unspecified atom stereocenters. The molecule has 1 saturated heterocycles. The van der Waals surface area contributed by atoms with Gasteiger partial charge in [-0.2, -0.15) is 0 Å². The van der Waals surface area contributed by atoms with E-state index in [1.54, 1.807) is 12.0 Å². The van der Waals surface area contributed by atoms with E-state index in [0.29, 0.717) is 12.3 Å². The van der Waals surface area contributed by atoms with Crippen LogP contribution in [0.1, 0.15) is 11.1 Å². The van der Waals surface area contributed by atoms with Crippen LogP contribution in [-0.2, 0) is 11.3 Å². The second-order valence-electron chi connectivity index (χ2n) is 7.03. The number of ether oxygens (including phenoxy) is 1. The molecule has 1 fully saturated rings. The van der Waals surface area contributed by atoms with Crippen molar-refractivity contribution in [2.24, 2.45) is 0 Å². The van der Waals surface area contributed by atoms with Crippen molar-refractivity contribution in [2.45, 2.75) is 13.5 Å². The number of para-hydroxylation sites is 2. The van der Waals surface area contributed by atoms with Gasteiger partial charge in [0.15, 0.2) is 6.54 Å². The summed E-state index contributed by atoms with van der Waals surface area (Å²) >= 11 is 0. The number of carbonyl (C=O) groups excluding carboxylic acids is 1. The largest absolute Gasteiger partial charge is 0.495 e. The first-order valence-corrected chi connectivity index (χ1v) is 9.30. The highest BCUT2D eigenvalue weighted by atomic mass is 16.5. The van der Waals surface area contributed by atoms with Crippen LogP contribution in [0.5, 0.6) is 5.75 Å². The zero-order valence-electron chi connectivity index (χ0n) is 15.7. The first kappa shape index (κ1) is 18.4. The smallest absolute Gasteiger partial charge is 0.279 e. The lowest BCUT2D eigenvalue weighted by Gasteiger charge is -2.29. The fourth-order valence-corrected chi connectivity index (χ4v) is 3.56. The number of piperazine rings is 1. The fraction of sp³-hybridized carbons (Fsp3) is 0.381. The standard InChI is InChI=1S/C21H27N3O2/c1-17-7-3-4-8-18(17)15-23-11-13-24(14-12-23)16-21(25)22-19-9-5-6-10-20(19)26-2/h3-10H,11-16H2,1-2H3,(H,22,25)/p+2. The summed E-state index contributed by atoms with van der Waals surface area (Å²) < 4.78 is 5.29. The van der Waals surface area contributed by atoms with Crippen LogP contribution in [0.3, 0.4) is 0 Å². The molecule has 1 aliphatic heterocycles. The molecule has 1 aliphatic rings. The van der Waals surface area contributed by atoms with Gasteiger partial charge in [-0.1, -0.05) is 36.4 Å². The molecule has 2 aromatic carbocycles. The van der Waals surface area contributed by atoms with Gasteiger partial charge >= 0.3 is 0 Å². The summed E-state index contributed by atoms with van der Waals surface area (Å²) in [6.07, 6.45) is 0. The summed E-state index contributed by atoms with van der Waals surface area (Å²) in [6.45, 7) is 8.03. The van der Waals surface area contributed by atoms with Crippen molar-refractivity contribution in [1.29, 1.82) is 0 Å². The minimum absolute atomic E-state index is 0.0480. The molecule has 5 nitrogen and oxygen atoms in total. The first-order chi connectivity index (χ1) is 12.7. The van der Waals surface area contributed by atoms with Crippen molar-refractivity contribution in [3.63, 3.8) is 0 Å². The Balaban J connectivity index is 1.46. The zero-order chi connectivity index (χ0) is 18.4. The number of benzene rings is 2. The molecule has 3 rings (SSSR count). The van der Waals surface area contributed by atoms with Crippen molar-refractivity contribution in [3.05, 3.63) is 59.7 Å². The minimum atomic E-state index is 0.0480. The lowest BCUT2D eigenvalue weighted by atomic mass is 10.1. The molecule has 1 amide bonds. The van der Waals surface area contributed by atoms with Crippen LogP contribution in [0.25, 0.3) is 0 Å². The third kappa shape index (κ3) is 4.84. The van der Waals surface area contributed by atoms with E-state index in [-0.39, 0.29) is 5.91 Å². The van der Waals surface area contributed by atoms with Crippen LogP contribution in [0.15, 0.2) is 48.5 Å². The first-order valence-electron chi connectivity index (χ1n) is 9.30. The summed E-state index contributed by atoms with van der Waals surface area (Å²) in [7, 11) is 1.62. The molecule has 0 atom stereocenters. The van der Waals surface area contributed by atoms with Crippen molar-refractivity contribution < 1.29 is 19.3 Å². The van der Waals surface area contributed by atoms with Crippen LogP contribution < -0.4 is 19.9 Å². The molecule has 0 radical (unpaired) electrons. The van der Waals surface area contributed by atoms with E-state index in [2.05, 4.69) is 36.5 Å². The van der Waals surface area contributed by atoms with Gasteiger partial charge in [0.25, 0.3) is 5.91 Å². The van der Waals surface area contributed by atoms with Crippen molar-refractivity contribution in [2.75, 3.05) is 45.2 Å². The van der Waals surface area contributed by atoms with Gasteiger partial charge in [0.1, 0.15) is 38.5 Å². The Kier molecular flexibility index (Phi) is 6.26. The van der Waals surface area contributed by atoms with Gasteiger partial charge in [0.05, 0.1) is 12.8 Å². The molecule has 0 saturated carbocycles. The lowest BCUT2D eigenvalue weighted by Crippen LogP contribution is -3.28. The molecule has 0 bridgehead atoms. The average Bonchev–Trinajstić information content (AvgIpc) is 2.65. The highest BCUT2D eigenvalue weighted by Crippen LogP contribution is 2.22. The van der Waals surface area contributed by atoms with Crippen LogP contribution in [-0.4, -0.2) is 45.7 Å². The van der Waals surface area contributed by atoms with Gasteiger partial charge in [0, 0.05) is 5.56 Å². The number of quaternary nitrogens is 2. The Morgan fingerprint density at radius 2 is 1.65 bits per heavy atom. The number of aryl methyl sites for hydroxylation is 1. The van der Waals surface area contributed by atoms with Crippen molar-refractivity contribution >= 4 is 11.6 Å². The molecular weight excluding hydrogens is 326 g/mol. The number of rotatable bonds is 6. The molecule has 5 heteroatoms. The van der Waals surface area contributed by atoms with Gasteiger partial charge in [-0.25, -0.2) is 0 Å². The molecule has 3 N–H and O–H groups in total. The fourth-order valence-electron chi connectivity index (χ4n) is 3.56. The molecule has 0 spiro atoms. The lowest BCUT2D eigenvalue weighted by molar-refractivity contribution is -1.02. The van der Waals surface area contributed by atoms with E-state index < -0.39 is 0 Å². The van der Waals surface area contributed by atoms with E-state index in [9.17, 15) is 4.79 Å². The van der Waals surface area contributed by atoms with Gasteiger partial charge in [-0.15, -0.1) is 0 Å². The maximum Gasteiger partial charge on any atom is 0.279 e. The summed E-state index contributed by atoms with van der Waals surface area (Å²) in [5.41, 5.74) is 3.54. The average molecular weight is 355 g/mol. The number of nitrogens with one attached hydrogen (secondary N) is 3. The predicted octanol–water partition coefficient (Wildman–Crippen LogP) is -0.0743. The van der Waals surface area contributed by atoms with Gasteiger partial charge in [-0.3, -0.25) is 4.79 Å². The predicted molar refractivity (Wildman–Crippen MR) is 103 cm³/mol. The van der Waals surface area contributed by atoms with Gasteiger partial charge < -0.3 is 19.9 Å². The highest BCUT2D eigenvalue weighted by molar-refractivity contribution is 5.92. The van der Waals surface area contributed by atoms with Crippen LogP contribution in [0.2, 0.25) is 0 Å². The summed E-state index contributed by atoms with van der Waals surface area (Å²) in [5.74, 6) is 0.746. The van der Waals surface area contributed by atoms with E-state index in [1.807, 2.05) is 24.3 Å². The van der Waals surface area contributed by atoms with Crippen molar-refractivity contribution in [3.8, 4) is 5.75 Å². The number of carbonyl (C=O) groups is 1. The number of anilines is 1. The molecule has 26 heavy (non-hydrogen) atoms. The van der Waals surface area contributed by atoms with Crippen LogP contribution in [0, 0.1) is 6.92 Å². The molecule has 0 aromatic heterocycles. The Labute approximate surface area is 155 Å². The Morgan fingerprint density at radius 1 is 1.00 bits per heavy atom. The third-order valence-electron chi connectivity index (χ3n) is 5.16. The Hall–Kier alpha value is -2.37. The monoisotopic (exact) mass is 355 g/mol. The number of methoxy groups -OCH3 is 1. The maximum atomic E-state index is 12.4. The summed E-state index contributed by atoms with van der Waals surface area (Å²) in [6, 6.07) is 16.1. The van der Waals surface area contributed by atoms with Crippen LogP contribution >= 0.6 is 0 Å². The summed E-state index contributed by atoms with van der Waals surface area (Å²) in [5, 5.41) is 2.98. The minimum Gasteiger partial charge on any atom is -0.495 e. The third-order valence-corrected chi connectivity index (χ3v) is 5.16. The van der Waals surface area contributed by atoms with E-state index in [0.717, 1.165) is 38.4 Å². The number of amides is 1.